The minimum Gasteiger partial charge on any atom is -0.289 e. The fourth-order valence-corrected chi connectivity index (χ4v) is 3.59. The van der Waals surface area contributed by atoms with Crippen LogP contribution < -0.4 is 5.32 Å². The van der Waals surface area contributed by atoms with Gasteiger partial charge in [-0.1, -0.05) is 53.5 Å². The highest BCUT2D eigenvalue weighted by Crippen LogP contribution is 2.26. The lowest BCUT2D eigenvalue weighted by Crippen LogP contribution is -2.13. The van der Waals surface area contributed by atoms with Crippen molar-refractivity contribution in [3.8, 4) is 11.3 Å². The molecular formula is C17H10Cl2N4OS. The summed E-state index contributed by atoms with van der Waals surface area (Å²) in [6.45, 7) is 0. The average Bonchev–Trinajstić information content (AvgIpc) is 3.17. The first-order valence-electron chi connectivity index (χ1n) is 7.28. The maximum atomic E-state index is 12.4. The molecule has 1 amide bonds. The van der Waals surface area contributed by atoms with E-state index in [2.05, 4.69) is 15.4 Å². The fourth-order valence-electron chi connectivity index (χ4n) is 2.38. The van der Waals surface area contributed by atoms with Crippen LogP contribution in [0.5, 0.6) is 0 Å². The molecule has 0 spiro atoms. The number of nitrogens with zero attached hydrogens (tertiary/aromatic N) is 3. The molecule has 0 atom stereocenters. The summed E-state index contributed by atoms with van der Waals surface area (Å²) < 4.78 is 1.70. The Hall–Kier alpha value is -2.41. The molecule has 1 N–H and O–H groups in total. The predicted molar refractivity (Wildman–Crippen MR) is 101 cm³/mol. The number of benzene rings is 2. The quantitative estimate of drug-likeness (QED) is 0.536. The minimum atomic E-state index is -0.410. The number of amides is 1. The van der Waals surface area contributed by atoms with Gasteiger partial charge in [0.15, 0.2) is 0 Å². The first-order chi connectivity index (χ1) is 12.1. The Morgan fingerprint density at radius 2 is 1.92 bits per heavy atom. The van der Waals surface area contributed by atoms with Crippen molar-refractivity contribution in [3.63, 3.8) is 0 Å². The Kier molecular flexibility index (Phi) is 4.17. The molecule has 8 heteroatoms. The van der Waals surface area contributed by atoms with Gasteiger partial charge in [0, 0.05) is 16.0 Å². The molecule has 2 aromatic heterocycles. The zero-order valence-electron chi connectivity index (χ0n) is 12.6. The van der Waals surface area contributed by atoms with Crippen LogP contribution in [0.25, 0.3) is 16.2 Å². The number of aromatic nitrogens is 3. The smallest absolute Gasteiger partial charge is 0.259 e. The van der Waals surface area contributed by atoms with E-state index in [1.54, 1.807) is 16.6 Å². The molecule has 0 aliphatic heterocycles. The van der Waals surface area contributed by atoms with Gasteiger partial charge in [0.1, 0.15) is 0 Å². The zero-order chi connectivity index (χ0) is 17.4. The summed E-state index contributed by atoms with van der Waals surface area (Å²) in [7, 11) is 0. The van der Waals surface area contributed by atoms with Crippen molar-refractivity contribution in [2.75, 3.05) is 5.32 Å². The van der Waals surface area contributed by atoms with E-state index in [-0.39, 0.29) is 11.5 Å². The maximum absolute atomic E-state index is 12.4. The fraction of sp³-hybridized carbons (Fsp3) is 0. The Balaban J connectivity index is 1.66. The number of fused-ring (bicyclic) bond motifs is 1. The van der Waals surface area contributed by atoms with Gasteiger partial charge in [-0.05, 0) is 18.2 Å². The summed E-state index contributed by atoms with van der Waals surface area (Å²) in [4.78, 5) is 17.4. The van der Waals surface area contributed by atoms with Gasteiger partial charge in [-0.2, -0.15) is 4.98 Å². The van der Waals surface area contributed by atoms with Crippen molar-refractivity contribution in [2.45, 2.75) is 0 Å². The van der Waals surface area contributed by atoms with E-state index < -0.39 is 5.91 Å². The van der Waals surface area contributed by atoms with E-state index in [9.17, 15) is 4.79 Å². The number of halogens is 2. The van der Waals surface area contributed by atoms with Crippen LogP contribution in [-0.2, 0) is 0 Å². The first-order valence-corrected chi connectivity index (χ1v) is 8.91. The molecule has 0 aliphatic rings. The topological polar surface area (TPSA) is 59.3 Å². The van der Waals surface area contributed by atoms with Crippen LogP contribution in [0.15, 0.2) is 53.9 Å². The second-order valence-corrected chi connectivity index (χ2v) is 6.88. The van der Waals surface area contributed by atoms with Crippen LogP contribution in [0, 0.1) is 0 Å². The summed E-state index contributed by atoms with van der Waals surface area (Å²) in [6.07, 6.45) is 0. The molecular weight excluding hydrogens is 379 g/mol. The highest BCUT2D eigenvalue weighted by atomic mass is 35.5. The van der Waals surface area contributed by atoms with Crippen LogP contribution in [-0.4, -0.2) is 20.5 Å². The van der Waals surface area contributed by atoms with Gasteiger partial charge < -0.3 is 0 Å². The molecule has 25 heavy (non-hydrogen) atoms. The van der Waals surface area contributed by atoms with Gasteiger partial charge in [-0.25, -0.2) is 4.52 Å². The predicted octanol–water partition coefficient (Wildman–Crippen LogP) is 5.02. The third-order valence-corrected chi connectivity index (χ3v) is 4.93. The second-order valence-electron chi connectivity index (χ2n) is 5.20. The first kappa shape index (κ1) is 16.1. The lowest BCUT2D eigenvalue weighted by molar-refractivity contribution is 0.102. The molecule has 0 radical (unpaired) electrons. The van der Waals surface area contributed by atoms with Crippen LogP contribution in [0.3, 0.4) is 0 Å². The molecule has 0 saturated carbocycles. The maximum Gasteiger partial charge on any atom is 0.259 e. The normalized spacial score (nSPS) is 11.0. The SMILES string of the molecule is O=C(Nc1nc2scc(-c3ccccc3)n2n1)c1cc(Cl)ccc1Cl. The zero-order valence-corrected chi connectivity index (χ0v) is 14.9. The van der Waals surface area contributed by atoms with Crippen LogP contribution in [0.4, 0.5) is 5.95 Å². The minimum absolute atomic E-state index is 0.213. The van der Waals surface area contributed by atoms with Gasteiger partial charge in [-0.15, -0.1) is 16.4 Å². The van der Waals surface area contributed by atoms with E-state index >= 15 is 0 Å². The van der Waals surface area contributed by atoms with E-state index in [1.807, 2.05) is 35.7 Å². The molecule has 0 saturated heterocycles. The lowest BCUT2D eigenvalue weighted by Gasteiger charge is -2.04. The third-order valence-electron chi connectivity index (χ3n) is 3.55. The van der Waals surface area contributed by atoms with Crippen molar-refractivity contribution in [1.29, 1.82) is 0 Å². The molecule has 0 fully saturated rings. The molecule has 2 heterocycles. The van der Waals surface area contributed by atoms with Crippen molar-refractivity contribution in [2.24, 2.45) is 0 Å². The lowest BCUT2D eigenvalue weighted by atomic mass is 10.2. The number of nitrogens with one attached hydrogen (secondary N) is 1. The van der Waals surface area contributed by atoms with Gasteiger partial charge in [0.05, 0.1) is 16.3 Å². The van der Waals surface area contributed by atoms with Crippen molar-refractivity contribution in [3.05, 3.63) is 69.5 Å². The summed E-state index contributed by atoms with van der Waals surface area (Å²) in [5.41, 5.74) is 2.21. The number of hydrogen-bond donors (Lipinski definition) is 1. The van der Waals surface area contributed by atoms with E-state index in [1.165, 1.54) is 17.4 Å². The van der Waals surface area contributed by atoms with E-state index in [0.717, 1.165) is 11.3 Å². The molecule has 0 unspecified atom stereocenters. The largest absolute Gasteiger partial charge is 0.289 e. The Morgan fingerprint density at radius 3 is 2.72 bits per heavy atom. The molecule has 4 aromatic rings. The number of hydrogen-bond acceptors (Lipinski definition) is 4. The summed E-state index contributed by atoms with van der Waals surface area (Å²) in [5, 5.41) is 9.76. The van der Waals surface area contributed by atoms with Crippen molar-refractivity contribution in [1.82, 2.24) is 14.6 Å². The van der Waals surface area contributed by atoms with E-state index in [4.69, 9.17) is 23.2 Å². The Bertz CT molecular complexity index is 1070. The number of carbonyl (C=O) groups excluding carboxylic acids is 1. The van der Waals surface area contributed by atoms with Crippen LogP contribution >= 0.6 is 34.5 Å². The Labute approximate surface area is 156 Å². The molecule has 2 aromatic carbocycles. The van der Waals surface area contributed by atoms with Crippen LogP contribution in [0.1, 0.15) is 10.4 Å². The standard InChI is InChI=1S/C17H10Cl2N4OS/c18-11-6-7-13(19)12(8-11)15(24)20-16-21-17-23(22-16)14(9-25-17)10-4-2-1-3-5-10/h1-9H,(H,20,22,24). The average molecular weight is 389 g/mol. The number of carbonyl (C=O) groups is 1. The number of rotatable bonds is 3. The number of anilines is 1. The Morgan fingerprint density at radius 1 is 1.12 bits per heavy atom. The van der Waals surface area contributed by atoms with Crippen molar-refractivity contribution >= 4 is 51.4 Å². The molecule has 124 valence electrons. The summed E-state index contributed by atoms with van der Waals surface area (Å²) >= 11 is 13.4. The third kappa shape index (κ3) is 3.11. The van der Waals surface area contributed by atoms with Gasteiger partial charge in [0.2, 0.25) is 4.96 Å². The van der Waals surface area contributed by atoms with Gasteiger partial charge in [0.25, 0.3) is 11.9 Å². The van der Waals surface area contributed by atoms with E-state index in [0.29, 0.717) is 15.0 Å². The summed E-state index contributed by atoms with van der Waals surface area (Å²) in [6, 6.07) is 14.6. The number of thiazole rings is 1. The van der Waals surface area contributed by atoms with Gasteiger partial charge >= 0.3 is 0 Å². The van der Waals surface area contributed by atoms with Crippen molar-refractivity contribution < 1.29 is 4.79 Å². The van der Waals surface area contributed by atoms with Gasteiger partial charge in [-0.3, -0.25) is 10.1 Å². The molecule has 0 bridgehead atoms. The highest BCUT2D eigenvalue weighted by molar-refractivity contribution is 7.15. The monoisotopic (exact) mass is 388 g/mol. The van der Waals surface area contributed by atoms with Crippen LogP contribution in [0.2, 0.25) is 10.0 Å². The molecule has 5 nitrogen and oxygen atoms in total. The summed E-state index contributed by atoms with van der Waals surface area (Å²) in [5.74, 6) is -0.197. The molecule has 4 rings (SSSR count). The highest BCUT2D eigenvalue weighted by Gasteiger charge is 2.16. The molecule has 0 aliphatic carbocycles. The second kappa shape index (κ2) is 6.48.